The van der Waals surface area contributed by atoms with Gasteiger partial charge in [-0.1, -0.05) is 30.3 Å². The molecule has 0 radical (unpaired) electrons. The van der Waals surface area contributed by atoms with Crippen molar-refractivity contribution in [1.29, 1.82) is 0 Å². The Morgan fingerprint density at radius 2 is 1.77 bits per heavy atom. The van der Waals surface area contributed by atoms with Crippen LogP contribution in [0.15, 0.2) is 64.4 Å². The van der Waals surface area contributed by atoms with Crippen LogP contribution in [0.2, 0.25) is 0 Å². The number of nitrogens with zero attached hydrogens (tertiary/aromatic N) is 3. The standard InChI is InChI=1S/C26H21F2N3O3S/c27-18-6-3-5-13-17(18)11-35-20-7-2-1-4-14(20)23(13)31-12-29(22-15-10-16(22)21(15)28)26(34)24-25(33)19(32)8-9-30(24)31/h1-9,15-16,21-23,33H,10-12H2. The fraction of sp³-hybridized carbons (Fsp3) is 0.308. The van der Waals surface area contributed by atoms with E-state index >= 15 is 4.39 Å². The predicted molar refractivity (Wildman–Crippen MR) is 126 cm³/mol. The number of thioether (sulfide) groups is 1. The minimum atomic E-state index is -0.917. The first-order valence-electron chi connectivity index (χ1n) is 11.6. The van der Waals surface area contributed by atoms with E-state index in [1.165, 1.54) is 23.0 Å². The second-order valence-corrected chi connectivity index (χ2v) is 10.6. The van der Waals surface area contributed by atoms with Gasteiger partial charge in [-0.15, -0.1) is 11.8 Å². The quantitative estimate of drug-likeness (QED) is 0.589. The summed E-state index contributed by atoms with van der Waals surface area (Å²) in [6.45, 7) is 0.123. The summed E-state index contributed by atoms with van der Waals surface area (Å²) < 4.78 is 30.7. The van der Waals surface area contributed by atoms with Crippen LogP contribution in [0, 0.1) is 17.7 Å². The number of alkyl halides is 1. The van der Waals surface area contributed by atoms with Gasteiger partial charge in [-0.25, -0.2) is 8.78 Å². The molecule has 178 valence electrons. The maximum atomic E-state index is 15.0. The number of halogens is 2. The smallest absolute Gasteiger partial charge is 0.278 e. The van der Waals surface area contributed by atoms with Gasteiger partial charge >= 0.3 is 0 Å². The van der Waals surface area contributed by atoms with Crippen LogP contribution in [0.3, 0.4) is 0 Å². The molecular weight excluding hydrogens is 472 g/mol. The summed E-state index contributed by atoms with van der Waals surface area (Å²) in [5, 5.41) is 12.6. The lowest BCUT2D eigenvalue weighted by molar-refractivity contribution is -0.178. The maximum absolute atomic E-state index is 15.0. The van der Waals surface area contributed by atoms with Gasteiger partial charge < -0.3 is 10.0 Å². The van der Waals surface area contributed by atoms with Crippen molar-refractivity contribution in [3.05, 3.63) is 93.2 Å². The molecule has 9 heteroatoms. The SMILES string of the molecule is O=C1c2c(O)c(=O)ccn2N(C2c3ccccc3SCc3c(F)cccc32)CN1C1C2CC1C2F. The molecule has 2 aromatic carbocycles. The highest BCUT2D eigenvalue weighted by Gasteiger charge is 2.66. The number of hydrogen-bond acceptors (Lipinski definition) is 5. The van der Waals surface area contributed by atoms with E-state index in [4.69, 9.17) is 0 Å². The Hall–Kier alpha value is -3.33. The molecule has 0 saturated heterocycles. The second kappa shape index (κ2) is 7.34. The number of carbonyl (C=O) groups excluding carboxylic acids is 1. The van der Waals surface area contributed by atoms with Crippen LogP contribution in [-0.4, -0.2) is 39.5 Å². The van der Waals surface area contributed by atoms with Gasteiger partial charge in [0.25, 0.3) is 5.91 Å². The second-order valence-electron chi connectivity index (χ2n) is 9.61. The molecule has 3 atom stereocenters. The molecular formula is C26H21F2N3O3S. The van der Waals surface area contributed by atoms with E-state index in [1.807, 2.05) is 35.3 Å². The van der Waals surface area contributed by atoms with Gasteiger partial charge in [0.15, 0.2) is 11.4 Å². The molecule has 3 heterocycles. The molecule has 8 rings (SSSR count). The Morgan fingerprint density at radius 1 is 1.00 bits per heavy atom. The van der Waals surface area contributed by atoms with Gasteiger partial charge in [0.2, 0.25) is 5.43 Å². The molecule has 1 N–H and O–H groups in total. The van der Waals surface area contributed by atoms with E-state index in [0.29, 0.717) is 11.3 Å². The molecule has 35 heavy (non-hydrogen) atoms. The molecule has 0 spiro atoms. The van der Waals surface area contributed by atoms with Crippen molar-refractivity contribution in [1.82, 2.24) is 9.58 Å². The molecule has 2 bridgehead atoms. The molecule has 1 aromatic heterocycles. The van der Waals surface area contributed by atoms with E-state index in [-0.39, 0.29) is 36.1 Å². The third-order valence-electron chi connectivity index (χ3n) is 8.02. The minimum Gasteiger partial charge on any atom is -0.502 e. The highest BCUT2D eigenvalue weighted by Crippen LogP contribution is 2.58. The van der Waals surface area contributed by atoms with Gasteiger partial charge in [-0.3, -0.25) is 19.3 Å². The van der Waals surface area contributed by atoms with E-state index in [9.17, 15) is 19.1 Å². The molecule has 2 aliphatic heterocycles. The zero-order valence-corrected chi connectivity index (χ0v) is 19.3. The van der Waals surface area contributed by atoms with Crippen molar-refractivity contribution in [2.45, 2.75) is 35.3 Å². The van der Waals surface area contributed by atoms with Crippen LogP contribution in [0.1, 0.15) is 39.6 Å². The van der Waals surface area contributed by atoms with Gasteiger partial charge in [0.1, 0.15) is 18.7 Å². The highest BCUT2D eigenvalue weighted by atomic mass is 32.2. The van der Waals surface area contributed by atoms with Crippen molar-refractivity contribution < 1.29 is 18.7 Å². The molecule has 1 amide bonds. The lowest BCUT2D eigenvalue weighted by Gasteiger charge is -2.65. The number of benzene rings is 2. The lowest BCUT2D eigenvalue weighted by Crippen LogP contribution is -2.75. The first kappa shape index (κ1) is 21.0. The monoisotopic (exact) mass is 493 g/mol. The first-order valence-corrected chi connectivity index (χ1v) is 12.6. The summed E-state index contributed by atoms with van der Waals surface area (Å²) in [4.78, 5) is 28.4. The van der Waals surface area contributed by atoms with Crippen LogP contribution >= 0.6 is 11.8 Å². The van der Waals surface area contributed by atoms with E-state index < -0.39 is 29.3 Å². The molecule has 3 aliphatic carbocycles. The fourth-order valence-electron chi connectivity index (χ4n) is 6.04. The van der Waals surface area contributed by atoms with Crippen molar-refractivity contribution in [2.24, 2.45) is 11.8 Å². The minimum absolute atomic E-state index is 0.123. The summed E-state index contributed by atoms with van der Waals surface area (Å²) in [6.07, 6.45) is 1.30. The fourth-order valence-corrected chi connectivity index (χ4v) is 7.17. The average Bonchev–Trinajstić information content (AvgIpc) is 2.99. The predicted octanol–water partition coefficient (Wildman–Crippen LogP) is 3.80. The summed E-state index contributed by atoms with van der Waals surface area (Å²) in [7, 11) is 0. The van der Waals surface area contributed by atoms with Crippen LogP contribution in [0.25, 0.3) is 0 Å². The van der Waals surface area contributed by atoms with Gasteiger partial charge in [0, 0.05) is 46.4 Å². The number of aromatic hydroxyl groups is 1. The Kier molecular flexibility index (Phi) is 4.40. The van der Waals surface area contributed by atoms with Gasteiger partial charge in [0.05, 0.1) is 6.04 Å². The average molecular weight is 494 g/mol. The van der Waals surface area contributed by atoms with Gasteiger partial charge in [-0.2, -0.15) is 0 Å². The normalized spacial score (nSPS) is 28.3. The number of fused-ring (bicyclic) bond motifs is 3. The summed E-state index contributed by atoms with van der Waals surface area (Å²) in [5.41, 5.74) is 1.46. The number of rotatable bonds is 2. The topological polar surface area (TPSA) is 65.8 Å². The molecule has 3 fully saturated rings. The molecule has 3 unspecified atom stereocenters. The first-order chi connectivity index (χ1) is 17.0. The van der Waals surface area contributed by atoms with Crippen LogP contribution in [0.4, 0.5) is 8.78 Å². The Morgan fingerprint density at radius 3 is 2.54 bits per heavy atom. The van der Waals surface area contributed by atoms with E-state index in [2.05, 4.69) is 0 Å². The highest BCUT2D eigenvalue weighted by molar-refractivity contribution is 7.98. The molecule has 3 aromatic rings. The Balaban J connectivity index is 1.45. The number of pyridine rings is 1. The third kappa shape index (κ3) is 2.75. The molecule has 3 saturated carbocycles. The zero-order valence-electron chi connectivity index (χ0n) is 18.5. The largest absolute Gasteiger partial charge is 0.502 e. The third-order valence-corrected chi connectivity index (χ3v) is 9.14. The summed E-state index contributed by atoms with van der Waals surface area (Å²) in [6, 6.07) is 13.3. The van der Waals surface area contributed by atoms with Crippen molar-refractivity contribution in [3.63, 3.8) is 0 Å². The number of amides is 1. The summed E-state index contributed by atoms with van der Waals surface area (Å²) in [5.74, 6) is -1.43. The lowest BCUT2D eigenvalue weighted by atomic mass is 9.49. The van der Waals surface area contributed by atoms with Gasteiger partial charge in [-0.05, 0) is 29.7 Å². The number of aromatic nitrogens is 1. The molecule has 5 aliphatic rings. The van der Waals surface area contributed by atoms with E-state index in [1.54, 1.807) is 22.7 Å². The van der Waals surface area contributed by atoms with Crippen LogP contribution in [0.5, 0.6) is 5.75 Å². The number of carbonyl (C=O) groups is 1. The summed E-state index contributed by atoms with van der Waals surface area (Å²) >= 11 is 1.55. The van der Waals surface area contributed by atoms with Crippen molar-refractivity contribution in [2.75, 3.05) is 11.7 Å². The zero-order chi connectivity index (χ0) is 24.0. The Bertz CT molecular complexity index is 1450. The van der Waals surface area contributed by atoms with E-state index in [0.717, 1.165) is 22.4 Å². The van der Waals surface area contributed by atoms with Crippen molar-refractivity contribution in [3.8, 4) is 5.75 Å². The maximum Gasteiger partial charge on any atom is 0.278 e. The van der Waals surface area contributed by atoms with Crippen molar-refractivity contribution >= 4 is 17.7 Å². The number of hydrogen-bond donors (Lipinski definition) is 1. The van der Waals surface area contributed by atoms with Crippen LogP contribution < -0.4 is 10.4 Å². The van der Waals surface area contributed by atoms with Crippen LogP contribution in [-0.2, 0) is 5.75 Å². The molecule has 6 nitrogen and oxygen atoms in total. The Labute approximate surface area is 203 Å².